The van der Waals surface area contributed by atoms with Crippen molar-refractivity contribution in [3.05, 3.63) is 29.3 Å². The molecule has 0 fully saturated rings. The predicted molar refractivity (Wildman–Crippen MR) is 57.4 cm³/mol. The zero-order valence-electron chi connectivity index (χ0n) is 8.80. The van der Waals surface area contributed by atoms with Crippen molar-refractivity contribution in [1.82, 2.24) is 0 Å². The van der Waals surface area contributed by atoms with Gasteiger partial charge in [0.05, 0.1) is 5.56 Å². The Morgan fingerprint density at radius 3 is 2.50 bits per heavy atom. The molecular formula is C11H13NO4. The summed E-state index contributed by atoms with van der Waals surface area (Å²) in [6.07, 6.45) is 0.112. The van der Waals surface area contributed by atoms with Gasteiger partial charge in [0, 0.05) is 0 Å². The molecule has 5 heteroatoms. The number of phenols is 1. The Balaban J connectivity index is 2.89. The molecule has 0 amide bonds. The molecule has 0 radical (unpaired) electrons. The van der Waals surface area contributed by atoms with Crippen LogP contribution in [0.15, 0.2) is 18.2 Å². The lowest BCUT2D eigenvalue weighted by molar-refractivity contribution is -0.138. The highest BCUT2D eigenvalue weighted by Gasteiger charge is 2.14. The lowest BCUT2D eigenvalue weighted by Gasteiger charge is -2.08. The van der Waals surface area contributed by atoms with Crippen LogP contribution in [0.1, 0.15) is 22.8 Å². The van der Waals surface area contributed by atoms with Crippen molar-refractivity contribution in [2.75, 3.05) is 0 Å². The molecule has 86 valence electrons. The highest BCUT2D eigenvalue weighted by atomic mass is 16.4. The van der Waals surface area contributed by atoms with Crippen LogP contribution in [0.2, 0.25) is 0 Å². The summed E-state index contributed by atoms with van der Waals surface area (Å²) in [6, 6.07) is 3.39. The fourth-order valence-electron chi connectivity index (χ4n) is 1.34. The maximum absolute atomic E-state index is 11.0. The van der Waals surface area contributed by atoms with E-state index in [1.807, 2.05) is 0 Å². The first-order chi connectivity index (χ1) is 7.41. The number of aromatic hydroxyl groups is 1. The zero-order valence-corrected chi connectivity index (χ0v) is 8.80. The topological polar surface area (TPSA) is 101 Å². The molecule has 0 saturated heterocycles. The number of carbonyl (C=O) groups is 2. The minimum absolute atomic E-state index is 0.112. The number of hydrogen-bond acceptors (Lipinski definition) is 4. The van der Waals surface area contributed by atoms with Crippen LogP contribution in [0.25, 0.3) is 0 Å². The van der Waals surface area contributed by atoms with Crippen molar-refractivity contribution in [2.45, 2.75) is 19.4 Å². The van der Waals surface area contributed by atoms with E-state index in [1.54, 1.807) is 6.07 Å². The number of carboxylic acid groups (broad SMARTS) is 1. The van der Waals surface area contributed by atoms with Gasteiger partial charge in [-0.25, -0.2) is 0 Å². The average Bonchev–Trinajstić information content (AvgIpc) is 2.16. The molecule has 5 nitrogen and oxygen atoms in total. The third kappa shape index (κ3) is 2.80. The van der Waals surface area contributed by atoms with Crippen LogP contribution in [0.5, 0.6) is 5.75 Å². The average molecular weight is 223 g/mol. The summed E-state index contributed by atoms with van der Waals surface area (Å²) in [5.74, 6) is -1.50. The Kier molecular flexibility index (Phi) is 3.63. The van der Waals surface area contributed by atoms with Crippen molar-refractivity contribution in [1.29, 1.82) is 0 Å². The van der Waals surface area contributed by atoms with E-state index in [0.717, 1.165) is 0 Å². The van der Waals surface area contributed by atoms with Gasteiger partial charge in [0.2, 0.25) is 0 Å². The Morgan fingerprint density at radius 1 is 1.44 bits per heavy atom. The van der Waals surface area contributed by atoms with Crippen molar-refractivity contribution >= 4 is 11.8 Å². The van der Waals surface area contributed by atoms with Crippen LogP contribution in [0.4, 0.5) is 0 Å². The van der Waals surface area contributed by atoms with Gasteiger partial charge in [-0.3, -0.25) is 9.59 Å². The molecule has 0 bridgehead atoms. The van der Waals surface area contributed by atoms with Gasteiger partial charge in [-0.15, -0.1) is 0 Å². The quantitative estimate of drug-likeness (QED) is 0.647. The Bertz CT molecular complexity index is 428. The number of ketones is 1. The molecule has 0 aliphatic rings. The first kappa shape index (κ1) is 12.2. The zero-order chi connectivity index (χ0) is 12.3. The minimum Gasteiger partial charge on any atom is -0.507 e. The maximum Gasteiger partial charge on any atom is 0.320 e. The van der Waals surface area contributed by atoms with Gasteiger partial charge in [-0.2, -0.15) is 0 Å². The SMILES string of the molecule is CC(=O)c1ccc(CC(N)C(=O)O)cc1O. The highest BCUT2D eigenvalue weighted by molar-refractivity contribution is 5.96. The lowest BCUT2D eigenvalue weighted by Crippen LogP contribution is -2.32. The van der Waals surface area contributed by atoms with E-state index < -0.39 is 12.0 Å². The van der Waals surface area contributed by atoms with E-state index in [-0.39, 0.29) is 23.5 Å². The van der Waals surface area contributed by atoms with Gasteiger partial charge in [-0.05, 0) is 31.0 Å². The van der Waals surface area contributed by atoms with Crippen molar-refractivity contribution in [3.63, 3.8) is 0 Å². The summed E-state index contributed by atoms with van der Waals surface area (Å²) >= 11 is 0. The fraction of sp³-hybridized carbons (Fsp3) is 0.273. The molecular weight excluding hydrogens is 210 g/mol. The van der Waals surface area contributed by atoms with E-state index in [0.29, 0.717) is 5.56 Å². The van der Waals surface area contributed by atoms with Crippen molar-refractivity contribution in [3.8, 4) is 5.75 Å². The largest absolute Gasteiger partial charge is 0.507 e. The smallest absolute Gasteiger partial charge is 0.320 e. The van der Waals surface area contributed by atoms with E-state index in [1.165, 1.54) is 19.1 Å². The third-order valence-electron chi connectivity index (χ3n) is 2.21. The van der Waals surface area contributed by atoms with Crippen molar-refractivity contribution < 1.29 is 19.8 Å². The maximum atomic E-state index is 11.0. The van der Waals surface area contributed by atoms with Crippen LogP contribution in [0.3, 0.4) is 0 Å². The van der Waals surface area contributed by atoms with E-state index in [4.69, 9.17) is 10.8 Å². The van der Waals surface area contributed by atoms with Gasteiger partial charge in [0.1, 0.15) is 11.8 Å². The van der Waals surface area contributed by atoms with Crippen LogP contribution in [-0.4, -0.2) is 28.0 Å². The molecule has 0 saturated carbocycles. The molecule has 4 N–H and O–H groups in total. The van der Waals surface area contributed by atoms with Crippen LogP contribution >= 0.6 is 0 Å². The number of carboxylic acids is 1. The number of benzene rings is 1. The molecule has 1 unspecified atom stereocenters. The second kappa shape index (κ2) is 4.76. The Hall–Kier alpha value is -1.88. The van der Waals surface area contributed by atoms with Gasteiger partial charge >= 0.3 is 5.97 Å². The normalized spacial score (nSPS) is 12.1. The molecule has 0 aliphatic carbocycles. The van der Waals surface area contributed by atoms with Gasteiger partial charge in [-0.1, -0.05) is 6.07 Å². The van der Waals surface area contributed by atoms with Gasteiger partial charge in [0.25, 0.3) is 0 Å². The second-order valence-corrected chi connectivity index (χ2v) is 3.56. The van der Waals surface area contributed by atoms with Crippen molar-refractivity contribution in [2.24, 2.45) is 5.73 Å². The summed E-state index contributed by atoms with van der Waals surface area (Å²) in [6.45, 7) is 1.34. The van der Waals surface area contributed by atoms with Gasteiger partial charge in [0.15, 0.2) is 5.78 Å². The molecule has 1 rings (SSSR count). The van der Waals surface area contributed by atoms with Crippen LogP contribution in [0, 0.1) is 0 Å². The number of carbonyl (C=O) groups excluding carboxylic acids is 1. The Labute approximate surface area is 92.5 Å². The Morgan fingerprint density at radius 2 is 2.06 bits per heavy atom. The van der Waals surface area contributed by atoms with E-state index in [9.17, 15) is 14.7 Å². The monoisotopic (exact) mass is 223 g/mol. The number of aliphatic carboxylic acids is 1. The summed E-state index contributed by atoms with van der Waals surface area (Å²) in [5, 5.41) is 18.1. The third-order valence-corrected chi connectivity index (χ3v) is 2.21. The molecule has 0 aliphatic heterocycles. The highest BCUT2D eigenvalue weighted by Crippen LogP contribution is 2.19. The lowest BCUT2D eigenvalue weighted by atomic mass is 10.0. The van der Waals surface area contributed by atoms with Gasteiger partial charge < -0.3 is 15.9 Å². The summed E-state index contributed by atoms with van der Waals surface area (Å²) in [7, 11) is 0. The van der Waals surface area contributed by atoms with E-state index in [2.05, 4.69) is 0 Å². The predicted octanol–water partition coefficient (Wildman–Crippen LogP) is 0.549. The first-order valence-electron chi connectivity index (χ1n) is 4.73. The molecule has 1 aromatic carbocycles. The molecule has 0 spiro atoms. The molecule has 1 atom stereocenters. The number of hydrogen-bond donors (Lipinski definition) is 3. The molecule has 1 aromatic rings. The van der Waals surface area contributed by atoms with Crippen LogP contribution in [-0.2, 0) is 11.2 Å². The summed E-state index contributed by atoms with van der Waals surface area (Å²) in [5.41, 5.74) is 6.14. The number of rotatable bonds is 4. The number of Topliss-reactive ketones (excluding diaryl/α,β-unsaturated/α-hetero) is 1. The second-order valence-electron chi connectivity index (χ2n) is 3.56. The molecule has 16 heavy (non-hydrogen) atoms. The van der Waals surface area contributed by atoms with E-state index >= 15 is 0 Å². The molecule has 0 heterocycles. The summed E-state index contributed by atoms with van der Waals surface area (Å²) in [4.78, 5) is 21.6. The number of phenolic OH excluding ortho intramolecular Hbond substituents is 1. The van der Waals surface area contributed by atoms with Crippen LogP contribution < -0.4 is 5.73 Å². The first-order valence-corrected chi connectivity index (χ1v) is 4.73. The summed E-state index contributed by atoms with van der Waals surface area (Å²) < 4.78 is 0. The minimum atomic E-state index is -1.10. The fourth-order valence-corrected chi connectivity index (χ4v) is 1.34. The molecule has 0 aromatic heterocycles. The number of nitrogens with two attached hydrogens (primary N) is 1. The standard InChI is InChI=1S/C11H13NO4/c1-6(13)8-3-2-7(5-10(8)14)4-9(12)11(15)16/h2-3,5,9,14H,4,12H2,1H3,(H,15,16).